The summed E-state index contributed by atoms with van der Waals surface area (Å²) in [6.07, 6.45) is 11.2. The first-order chi connectivity index (χ1) is 18.5. The van der Waals surface area contributed by atoms with E-state index in [9.17, 15) is 4.79 Å². The zero-order valence-corrected chi connectivity index (χ0v) is 22.3. The summed E-state index contributed by atoms with van der Waals surface area (Å²) in [6, 6.07) is 10.1. The van der Waals surface area contributed by atoms with Gasteiger partial charge in [-0.25, -0.2) is 9.48 Å². The molecule has 0 aliphatic rings. The van der Waals surface area contributed by atoms with Crippen molar-refractivity contribution >= 4 is 0 Å². The van der Waals surface area contributed by atoms with E-state index < -0.39 is 0 Å². The van der Waals surface area contributed by atoms with Crippen LogP contribution in [0.3, 0.4) is 0 Å². The number of tetrazole rings is 1. The van der Waals surface area contributed by atoms with Gasteiger partial charge in [-0.3, -0.25) is 14.1 Å². The van der Waals surface area contributed by atoms with Crippen molar-refractivity contribution in [2.45, 2.75) is 66.0 Å². The zero-order chi connectivity index (χ0) is 26.6. The quantitative estimate of drug-likeness (QED) is 0.293. The molecule has 0 aliphatic heterocycles. The fourth-order valence-electron chi connectivity index (χ4n) is 4.78. The van der Waals surface area contributed by atoms with Crippen LogP contribution in [0, 0.1) is 0 Å². The Bertz CT molecular complexity index is 1560. The van der Waals surface area contributed by atoms with Crippen LogP contribution in [0.5, 0.6) is 0 Å². The average molecular weight is 512 g/mol. The minimum Gasteiger partial charge on any atom is -0.291 e. The number of rotatable bonds is 10. The van der Waals surface area contributed by atoms with Crippen molar-refractivity contribution in [1.82, 2.24) is 44.5 Å². The van der Waals surface area contributed by atoms with Gasteiger partial charge in [-0.2, -0.15) is 10.3 Å². The van der Waals surface area contributed by atoms with E-state index in [1.54, 1.807) is 10.8 Å². The average Bonchev–Trinajstić information content (AvgIpc) is 3.68. The van der Waals surface area contributed by atoms with Gasteiger partial charge in [0.1, 0.15) is 5.82 Å². The highest BCUT2D eigenvalue weighted by atomic mass is 16.1. The maximum absolute atomic E-state index is 14.0. The first-order valence-corrected chi connectivity index (χ1v) is 13.2. The van der Waals surface area contributed by atoms with E-state index in [1.807, 2.05) is 58.2 Å². The first kappa shape index (κ1) is 25.3. The fraction of sp³-hybridized carbons (Fsp3) is 0.357. The van der Waals surface area contributed by atoms with E-state index in [0.29, 0.717) is 12.4 Å². The molecule has 0 unspecified atom stereocenters. The van der Waals surface area contributed by atoms with Gasteiger partial charge in [-0.05, 0) is 61.1 Å². The number of nitrogens with zero attached hydrogens (tertiary/aromatic N) is 8. The molecule has 0 amide bonds. The molecule has 4 heterocycles. The number of H-pyrrole nitrogens is 1. The van der Waals surface area contributed by atoms with Gasteiger partial charge in [-0.1, -0.05) is 44.5 Å². The lowest BCUT2D eigenvalue weighted by molar-refractivity contribution is 0.517. The Kier molecular flexibility index (Phi) is 7.30. The molecule has 10 heteroatoms. The van der Waals surface area contributed by atoms with Crippen LogP contribution in [0.1, 0.15) is 63.4 Å². The van der Waals surface area contributed by atoms with Crippen LogP contribution in [0.4, 0.5) is 0 Å². The molecular formula is C28H33N9O. The molecule has 0 saturated carbocycles. The van der Waals surface area contributed by atoms with Crippen molar-refractivity contribution in [2.75, 3.05) is 0 Å². The van der Waals surface area contributed by atoms with E-state index in [2.05, 4.69) is 58.4 Å². The molecule has 4 aromatic heterocycles. The third-order valence-corrected chi connectivity index (χ3v) is 6.82. The molecule has 0 atom stereocenters. The molecule has 0 spiro atoms. The van der Waals surface area contributed by atoms with Gasteiger partial charge >= 0.3 is 5.69 Å². The van der Waals surface area contributed by atoms with Crippen LogP contribution < -0.4 is 5.69 Å². The van der Waals surface area contributed by atoms with Gasteiger partial charge in [-0.15, -0.1) is 10.2 Å². The molecule has 1 aromatic carbocycles. The summed E-state index contributed by atoms with van der Waals surface area (Å²) in [5, 5.41) is 18.8. The number of nitrogens with one attached hydrogen (secondary N) is 1. The third kappa shape index (κ3) is 4.81. The number of pyridine rings is 1. The molecule has 0 aliphatic carbocycles. The molecule has 0 bridgehead atoms. The van der Waals surface area contributed by atoms with Gasteiger partial charge in [0, 0.05) is 41.5 Å². The first-order valence-electron chi connectivity index (χ1n) is 13.2. The molecular weight excluding hydrogens is 478 g/mol. The minimum absolute atomic E-state index is 0.0598. The Morgan fingerprint density at radius 2 is 1.79 bits per heavy atom. The van der Waals surface area contributed by atoms with Gasteiger partial charge < -0.3 is 0 Å². The van der Waals surface area contributed by atoms with E-state index in [1.165, 1.54) is 0 Å². The maximum Gasteiger partial charge on any atom is 0.334 e. The summed E-state index contributed by atoms with van der Waals surface area (Å²) < 4.78 is 5.61. The number of benzene rings is 1. The summed E-state index contributed by atoms with van der Waals surface area (Å²) in [5.74, 6) is 1.40. The third-order valence-electron chi connectivity index (χ3n) is 6.82. The number of imidazole rings is 1. The lowest BCUT2D eigenvalue weighted by Crippen LogP contribution is -2.27. The summed E-state index contributed by atoms with van der Waals surface area (Å²) in [4.78, 5) is 18.4. The second-order valence-corrected chi connectivity index (χ2v) is 9.69. The van der Waals surface area contributed by atoms with Crippen LogP contribution >= 0.6 is 0 Å². The number of hydrogen-bond donors (Lipinski definition) is 1. The van der Waals surface area contributed by atoms with E-state index in [0.717, 1.165) is 65.0 Å². The van der Waals surface area contributed by atoms with Crippen molar-refractivity contribution in [3.8, 4) is 28.3 Å². The van der Waals surface area contributed by atoms with Crippen LogP contribution in [-0.2, 0) is 19.4 Å². The zero-order valence-electron chi connectivity index (χ0n) is 22.3. The predicted octanol–water partition coefficient (Wildman–Crippen LogP) is 4.61. The summed E-state index contributed by atoms with van der Waals surface area (Å²) in [6.45, 7) is 8.86. The van der Waals surface area contributed by atoms with E-state index in [4.69, 9.17) is 0 Å². The fourth-order valence-corrected chi connectivity index (χ4v) is 4.78. The van der Waals surface area contributed by atoms with Crippen molar-refractivity contribution in [2.24, 2.45) is 0 Å². The highest BCUT2D eigenvalue weighted by Crippen LogP contribution is 2.27. The molecule has 38 heavy (non-hydrogen) atoms. The van der Waals surface area contributed by atoms with Gasteiger partial charge in [0.05, 0.1) is 12.7 Å². The Hall–Kier alpha value is -4.34. The second kappa shape index (κ2) is 11.0. The largest absolute Gasteiger partial charge is 0.334 e. The number of aromatic nitrogens is 9. The molecule has 196 valence electrons. The second-order valence-electron chi connectivity index (χ2n) is 9.69. The van der Waals surface area contributed by atoms with Crippen molar-refractivity contribution in [1.29, 1.82) is 0 Å². The lowest BCUT2D eigenvalue weighted by atomic mass is 10.00. The summed E-state index contributed by atoms with van der Waals surface area (Å²) in [5.41, 5.74) is 5.93. The number of hydrogen-bond acceptors (Lipinski definition) is 6. The molecule has 5 aromatic rings. The van der Waals surface area contributed by atoms with Crippen LogP contribution in [0.2, 0.25) is 0 Å². The van der Waals surface area contributed by atoms with Gasteiger partial charge in [0.15, 0.2) is 0 Å². The Morgan fingerprint density at radius 3 is 2.47 bits per heavy atom. The van der Waals surface area contributed by atoms with Crippen molar-refractivity contribution in [3.05, 3.63) is 82.4 Å². The van der Waals surface area contributed by atoms with Gasteiger partial charge in [0.2, 0.25) is 5.82 Å². The highest BCUT2D eigenvalue weighted by molar-refractivity contribution is 5.69. The Morgan fingerprint density at radius 1 is 1.00 bits per heavy atom. The molecule has 1 N–H and O–H groups in total. The standard InChI is InChI=1S/C28H33N9O/c1-5-7-8-24-18-36(27-20(6-2)16-30-37(27)19(3)4)28(38)35(24)17-23-15-29-14-13-25(23)21-9-11-22(12-10-21)26-31-33-34-32-26/h9-16,18-19H,5-8,17H2,1-4H3,(H,31,32,33,34). The minimum atomic E-state index is -0.0598. The molecule has 0 radical (unpaired) electrons. The SMILES string of the molecule is CCCCc1cn(-c2c(CC)cnn2C(C)C)c(=O)n1Cc1cnccc1-c1ccc(-c2nn[nH]n2)cc1. The van der Waals surface area contributed by atoms with Crippen molar-refractivity contribution < 1.29 is 0 Å². The van der Waals surface area contributed by atoms with Crippen LogP contribution in [-0.4, -0.2) is 44.5 Å². The predicted molar refractivity (Wildman–Crippen MR) is 146 cm³/mol. The normalized spacial score (nSPS) is 11.5. The highest BCUT2D eigenvalue weighted by Gasteiger charge is 2.21. The molecule has 5 rings (SSSR count). The van der Waals surface area contributed by atoms with Crippen LogP contribution in [0.15, 0.2) is 59.9 Å². The number of aromatic amines is 1. The monoisotopic (exact) mass is 511 g/mol. The Labute approximate surface area is 221 Å². The summed E-state index contributed by atoms with van der Waals surface area (Å²) in [7, 11) is 0. The van der Waals surface area contributed by atoms with E-state index >= 15 is 0 Å². The maximum atomic E-state index is 14.0. The molecule has 0 saturated heterocycles. The topological polar surface area (TPSA) is 112 Å². The smallest absolute Gasteiger partial charge is 0.291 e. The molecule has 10 nitrogen and oxygen atoms in total. The number of aryl methyl sites for hydroxylation is 2. The summed E-state index contributed by atoms with van der Waals surface area (Å²) >= 11 is 0. The van der Waals surface area contributed by atoms with Crippen molar-refractivity contribution in [3.63, 3.8) is 0 Å². The Balaban J connectivity index is 1.56. The van der Waals surface area contributed by atoms with Crippen LogP contribution in [0.25, 0.3) is 28.3 Å². The van der Waals surface area contributed by atoms with Gasteiger partial charge in [0.25, 0.3) is 0 Å². The lowest BCUT2D eigenvalue weighted by Gasteiger charge is -2.13. The molecule has 0 fully saturated rings. The van der Waals surface area contributed by atoms with E-state index in [-0.39, 0.29) is 11.7 Å². The number of unbranched alkanes of at least 4 members (excludes halogenated alkanes) is 1.